The highest BCUT2D eigenvalue weighted by Gasteiger charge is 2.36. The SMILES string of the molecule is CCCCCCCCN(C(=O)C(CO)NC(=O)OC(C)(C)C)C(C(=O)NCc1ccccc1)c1cc(C)cc(C)c1. The minimum Gasteiger partial charge on any atom is -0.444 e. The first-order valence-electron chi connectivity index (χ1n) is 14.8. The molecule has 0 fully saturated rings. The van der Waals surface area contributed by atoms with Crippen LogP contribution in [0.1, 0.15) is 94.5 Å². The van der Waals surface area contributed by atoms with Crippen molar-refractivity contribution in [1.82, 2.24) is 15.5 Å². The third-order valence-electron chi connectivity index (χ3n) is 6.64. The standard InChI is InChI=1S/C33H49N3O5/c1-7-8-9-10-11-15-18-36(31(39)28(23-37)35-32(40)41-33(4,5)6)29(27-20-24(2)19-25(3)21-27)30(38)34-22-26-16-13-12-14-17-26/h12-14,16-17,19-21,28-29,37H,7-11,15,18,22-23H2,1-6H3,(H,34,38)(H,35,40). The van der Waals surface area contributed by atoms with E-state index >= 15 is 0 Å². The van der Waals surface area contributed by atoms with E-state index in [9.17, 15) is 19.5 Å². The lowest BCUT2D eigenvalue weighted by atomic mass is 9.98. The monoisotopic (exact) mass is 567 g/mol. The van der Waals surface area contributed by atoms with Crippen LogP contribution in [0.2, 0.25) is 0 Å². The largest absolute Gasteiger partial charge is 0.444 e. The molecule has 2 aromatic rings. The van der Waals surface area contributed by atoms with Crippen LogP contribution in [0.3, 0.4) is 0 Å². The molecular weight excluding hydrogens is 518 g/mol. The number of rotatable bonds is 15. The van der Waals surface area contributed by atoms with Gasteiger partial charge >= 0.3 is 6.09 Å². The molecule has 2 rings (SSSR count). The summed E-state index contributed by atoms with van der Waals surface area (Å²) >= 11 is 0. The Morgan fingerprint density at radius 2 is 1.54 bits per heavy atom. The molecular formula is C33H49N3O5. The Kier molecular flexibility index (Phi) is 13.8. The van der Waals surface area contributed by atoms with Gasteiger partial charge in [0.1, 0.15) is 17.7 Å². The van der Waals surface area contributed by atoms with Crippen LogP contribution in [-0.4, -0.2) is 52.7 Å². The second kappa shape index (κ2) is 16.8. The van der Waals surface area contributed by atoms with Gasteiger partial charge in [0.2, 0.25) is 11.8 Å². The number of carbonyl (C=O) groups is 3. The van der Waals surface area contributed by atoms with Crippen molar-refractivity contribution in [3.8, 4) is 0 Å². The second-order valence-electron chi connectivity index (χ2n) is 11.7. The van der Waals surface area contributed by atoms with Crippen LogP contribution >= 0.6 is 0 Å². The van der Waals surface area contributed by atoms with E-state index < -0.39 is 36.3 Å². The minimum atomic E-state index is -1.26. The fourth-order valence-electron chi connectivity index (χ4n) is 4.79. The number of aryl methyl sites for hydroxylation is 2. The van der Waals surface area contributed by atoms with E-state index in [4.69, 9.17) is 4.74 Å². The van der Waals surface area contributed by atoms with E-state index in [2.05, 4.69) is 17.6 Å². The minimum absolute atomic E-state index is 0.299. The molecule has 0 heterocycles. The van der Waals surface area contributed by atoms with Gasteiger partial charge in [0.25, 0.3) is 0 Å². The van der Waals surface area contributed by atoms with Crippen LogP contribution in [0.5, 0.6) is 0 Å². The van der Waals surface area contributed by atoms with Crippen LogP contribution in [0.15, 0.2) is 48.5 Å². The predicted molar refractivity (Wildman–Crippen MR) is 162 cm³/mol. The van der Waals surface area contributed by atoms with Crippen LogP contribution in [-0.2, 0) is 20.9 Å². The Hall–Kier alpha value is -3.39. The number of alkyl carbamates (subject to hydrolysis) is 1. The van der Waals surface area contributed by atoms with Gasteiger partial charge in [-0.2, -0.15) is 0 Å². The maximum absolute atomic E-state index is 14.0. The number of unbranched alkanes of at least 4 members (excludes halogenated alkanes) is 5. The van der Waals surface area contributed by atoms with Gasteiger partial charge < -0.3 is 25.4 Å². The van der Waals surface area contributed by atoms with Crippen molar-refractivity contribution in [1.29, 1.82) is 0 Å². The van der Waals surface area contributed by atoms with Crippen molar-refractivity contribution in [2.75, 3.05) is 13.2 Å². The Bertz CT molecular complexity index is 1090. The first-order valence-corrected chi connectivity index (χ1v) is 14.8. The van der Waals surface area contributed by atoms with E-state index in [1.165, 1.54) is 4.90 Å². The van der Waals surface area contributed by atoms with Crippen molar-refractivity contribution in [2.45, 2.75) is 104 Å². The van der Waals surface area contributed by atoms with Crippen molar-refractivity contribution in [3.05, 3.63) is 70.8 Å². The molecule has 2 unspecified atom stereocenters. The van der Waals surface area contributed by atoms with Gasteiger partial charge in [0.05, 0.1) is 6.61 Å². The highest BCUT2D eigenvalue weighted by molar-refractivity contribution is 5.92. The normalized spacial score (nSPS) is 12.8. The quantitative estimate of drug-likeness (QED) is 0.238. The zero-order chi connectivity index (χ0) is 30.4. The molecule has 0 saturated carbocycles. The number of carbonyl (C=O) groups excluding carboxylic acids is 3. The van der Waals surface area contributed by atoms with Crippen LogP contribution < -0.4 is 10.6 Å². The Morgan fingerprint density at radius 3 is 2.12 bits per heavy atom. The summed E-state index contributed by atoms with van der Waals surface area (Å²) in [5.41, 5.74) is 2.79. The van der Waals surface area contributed by atoms with Gasteiger partial charge in [-0.15, -0.1) is 0 Å². The summed E-state index contributed by atoms with van der Waals surface area (Å²) in [6.45, 7) is 11.2. The summed E-state index contributed by atoms with van der Waals surface area (Å²) in [5.74, 6) is -0.863. The molecule has 0 saturated heterocycles. The van der Waals surface area contributed by atoms with Crippen LogP contribution in [0.4, 0.5) is 4.79 Å². The maximum atomic E-state index is 14.0. The summed E-state index contributed by atoms with van der Waals surface area (Å²) in [7, 11) is 0. The van der Waals surface area contributed by atoms with E-state index in [1.807, 2.05) is 62.4 Å². The lowest BCUT2D eigenvalue weighted by Crippen LogP contribution is -2.54. The molecule has 3 amide bonds. The average molecular weight is 568 g/mol. The molecule has 41 heavy (non-hydrogen) atoms. The maximum Gasteiger partial charge on any atom is 0.408 e. The third-order valence-corrected chi connectivity index (χ3v) is 6.64. The molecule has 8 heteroatoms. The second-order valence-corrected chi connectivity index (χ2v) is 11.7. The molecule has 2 atom stereocenters. The number of benzene rings is 2. The number of amides is 3. The molecule has 0 bridgehead atoms. The van der Waals surface area contributed by atoms with E-state index in [0.717, 1.165) is 48.8 Å². The first kappa shape index (κ1) is 33.8. The van der Waals surface area contributed by atoms with Crippen LogP contribution in [0.25, 0.3) is 0 Å². The lowest BCUT2D eigenvalue weighted by Gasteiger charge is -2.34. The topological polar surface area (TPSA) is 108 Å². The molecule has 0 spiro atoms. The van der Waals surface area contributed by atoms with Gasteiger partial charge in [-0.1, -0.05) is 98.7 Å². The molecule has 0 radical (unpaired) electrons. The van der Waals surface area contributed by atoms with Gasteiger partial charge in [-0.3, -0.25) is 9.59 Å². The highest BCUT2D eigenvalue weighted by atomic mass is 16.6. The molecule has 0 aliphatic heterocycles. The number of hydrogen-bond acceptors (Lipinski definition) is 5. The zero-order valence-corrected chi connectivity index (χ0v) is 25.7. The predicted octanol–water partition coefficient (Wildman–Crippen LogP) is 5.74. The van der Waals surface area contributed by atoms with Crippen molar-refractivity contribution >= 4 is 17.9 Å². The molecule has 3 N–H and O–H groups in total. The molecule has 0 aromatic heterocycles. The number of nitrogens with one attached hydrogen (secondary N) is 2. The highest BCUT2D eigenvalue weighted by Crippen LogP contribution is 2.26. The molecule has 2 aromatic carbocycles. The fraction of sp³-hybridized carbons (Fsp3) is 0.545. The number of aliphatic hydroxyl groups excluding tert-OH is 1. The van der Waals surface area contributed by atoms with E-state index in [-0.39, 0.29) is 5.91 Å². The van der Waals surface area contributed by atoms with Crippen molar-refractivity contribution in [2.24, 2.45) is 0 Å². The van der Waals surface area contributed by atoms with Gasteiger partial charge in [-0.25, -0.2) is 4.79 Å². The van der Waals surface area contributed by atoms with E-state index in [1.54, 1.807) is 20.8 Å². The molecule has 8 nitrogen and oxygen atoms in total. The lowest BCUT2D eigenvalue weighted by molar-refractivity contribution is -0.143. The third kappa shape index (κ3) is 11.9. The summed E-state index contributed by atoms with van der Waals surface area (Å²) in [4.78, 5) is 42.0. The number of hydrogen-bond donors (Lipinski definition) is 3. The molecule has 226 valence electrons. The van der Waals surface area contributed by atoms with E-state index in [0.29, 0.717) is 25.1 Å². The van der Waals surface area contributed by atoms with Gasteiger partial charge in [0, 0.05) is 13.1 Å². The Morgan fingerprint density at radius 1 is 0.927 bits per heavy atom. The smallest absolute Gasteiger partial charge is 0.408 e. The number of aliphatic hydroxyl groups is 1. The van der Waals surface area contributed by atoms with Gasteiger partial charge in [0.15, 0.2) is 0 Å². The average Bonchev–Trinajstić information content (AvgIpc) is 2.90. The summed E-state index contributed by atoms with van der Waals surface area (Å²) < 4.78 is 5.34. The summed E-state index contributed by atoms with van der Waals surface area (Å²) in [6, 6.07) is 13.2. The van der Waals surface area contributed by atoms with Gasteiger partial charge in [-0.05, 0) is 52.2 Å². The Labute approximate surface area is 245 Å². The first-order chi connectivity index (χ1) is 19.4. The summed E-state index contributed by atoms with van der Waals surface area (Å²) in [5, 5.41) is 15.7. The number of ether oxygens (including phenoxy) is 1. The van der Waals surface area contributed by atoms with Crippen molar-refractivity contribution in [3.63, 3.8) is 0 Å². The van der Waals surface area contributed by atoms with Crippen LogP contribution in [0, 0.1) is 13.8 Å². The number of nitrogens with zero attached hydrogens (tertiary/aromatic N) is 1. The van der Waals surface area contributed by atoms with Crippen molar-refractivity contribution < 1.29 is 24.2 Å². The fourth-order valence-corrected chi connectivity index (χ4v) is 4.79. The Balaban J connectivity index is 2.43. The summed E-state index contributed by atoms with van der Waals surface area (Å²) in [6.07, 6.45) is 5.22. The zero-order valence-electron chi connectivity index (χ0n) is 25.7. The molecule has 0 aliphatic rings. The molecule has 0 aliphatic carbocycles.